The average Bonchev–Trinajstić information content (AvgIpc) is 3.08. The topological polar surface area (TPSA) is 102 Å². The molecule has 2 aliphatic carbocycles. The van der Waals surface area contributed by atoms with E-state index < -0.39 is 5.60 Å². The molecule has 47 heavy (non-hydrogen) atoms. The van der Waals surface area contributed by atoms with Gasteiger partial charge in [0.25, 0.3) is 0 Å². The molecule has 1 saturated carbocycles. The molecule has 0 bridgehead atoms. The fourth-order valence-corrected chi connectivity index (χ4v) is 6.59. The van der Waals surface area contributed by atoms with Crippen LogP contribution in [0, 0.1) is 22.7 Å². The lowest BCUT2D eigenvalue weighted by molar-refractivity contribution is -0.155. The van der Waals surface area contributed by atoms with Crippen LogP contribution < -0.4 is 0 Å². The van der Waals surface area contributed by atoms with Crippen LogP contribution in [-0.4, -0.2) is 46.3 Å². The molecule has 3 aromatic rings. The number of ether oxygens (including phenoxy) is 1. The minimum absolute atomic E-state index is 0.206. The molecular formula is C39H50N4O4. The second-order valence-corrected chi connectivity index (χ2v) is 14.0. The van der Waals surface area contributed by atoms with Gasteiger partial charge >= 0.3 is 5.97 Å². The Labute approximate surface area is 280 Å². The van der Waals surface area contributed by atoms with Crippen molar-refractivity contribution in [1.29, 1.82) is 0 Å². The summed E-state index contributed by atoms with van der Waals surface area (Å²) in [5.41, 5.74) is 5.14. The predicted octanol–water partition coefficient (Wildman–Crippen LogP) is 9.21. The molecular weight excluding hydrogens is 588 g/mol. The van der Waals surface area contributed by atoms with Crippen molar-refractivity contribution in [3.63, 3.8) is 0 Å². The Kier molecular flexibility index (Phi) is 13.1. The molecule has 0 amide bonds. The van der Waals surface area contributed by atoms with Crippen molar-refractivity contribution in [1.82, 2.24) is 14.9 Å². The molecule has 1 heterocycles. The maximum absolute atomic E-state index is 12.1. The number of nitroso groups, excluding NO2 is 1. The quantitative estimate of drug-likeness (QED) is 0.124. The lowest BCUT2D eigenvalue weighted by Gasteiger charge is -2.35. The van der Waals surface area contributed by atoms with Crippen molar-refractivity contribution in [3.05, 3.63) is 88.6 Å². The second kappa shape index (κ2) is 17.2. The van der Waals surface area contributed by atoms with Gasteiger partial charge in [-0.15, -0.1) is 4.91 Å². The van der Waals surface area contributed by atoms with Gasteiger partial charge in [-0.25, -0.2) is 9.97 Å². The van der Waals surface area contributed by atoms with E-state index in [2.05, 4.69) is 42.4 Å². The molecule has 0 spiro atoms. The number of rotatable bonds is 10. The minimum atomic E-state index is -0.460. The van der Waals surface area contributed by atoms with Crippen molar-refractivity contribution >= 4 is 23.5 Å². The van der Waals surface area contributed by atoms with Gasteiger partial charge in [0.15, 0.2) is 5.82 Å². The van der Waals surface area contributed by atoms with Crippen molar-refractivity contribution < 1.29 is 14.3 Å². The zero-order chi connectivity index (χ0) is 33.8. The maximum Gasteiger partial charge on any atom is 0.320 e. The number of nitrogens with zero attached hydrogens (tertiary/aromatic N) is 4. The van der Waals surface area contributed by atoms with Gasteiger partial charge in [0.2, 0.25) is 0 Å². The Morgan fingerprint density at radius 3 is 2.13 bits per heavy atom. The van der Waals surface area contributed by atoms with Crippen LogP contribution in [0.15, 0.2) is 72.2 Å². The number of carbonyl (C=O) groups is 2. The second-order valence-electron chi connectivity index (χ2n) is 14.0. The standard InChI is InChI=1S/C32H45N3O2.C7H5NO2/c1-6-23-7-11-25(12-8-23)26-15-17-27(18-16-26)29-19-33-31(34-20-29)28-13-9-24(10-14-28)21-35(5)22-30(36)37-32(2,3)4;9-5-6-1-3-7(8-10)4-2-6/h9-10,13-14,17,19-20,23,25-26H,6-8,11-12,15-16,18,21-22H2,1-5H3;1-5H. The largest absolute Gasteiger partial charge is 0.459 e. The number of aromatic nitrogens is 2. The van der Waals surface area contributed by atoms with E-state index >= 15 is 0 Å². The van der Waals surface area contributed by atoms with Crippen LogP contribution in [0.4, 0.5) is 5.69 Å². The monoisotopic (exact) mass is 638 g/mol. The number of esters is 1. The number of aldehydes is 1. The van der Waals surface area contributed by atoms with Gasteiger partial charge in [0, 0.05) is 35.6 Å². The van der Waals surface area contributed by atoms with Crippen molar-refractivity contribution in [3.8, 4) is 11.4 Å². The normalized spacial score (nSPS) is 19.6. The third kappa shape index (κ3) is 11.3. The Bertz CT molecular complexity index is 1440. The predicted molar refractivity (Wildman–Crippen MR) is 188 cm³/mol. The highest BCUT2D eigenvalue weighted by Gasteiger charge is 2.28. The molecule has 0 N–H and O–H groups in total. The fourth-order valence-electron chi connectivity index (χ4n) is 6.59. The first-order chi connectivity index (χ1) is 22.6. The smallest absolute Gasteiger partial charge is 0.320 e. The first-order valence-electron chi connectivity index (χ1n) is 17.0. The van der Waals surface area contributed by atoms with E-state index in [1.54, 1.807) is 12.1 Å². The molecule has 0 aliphatic heterocycles. The molecule has 2 aromatic carbocycles. The zero-order valence-corrected chi connectivity index (χ0v) is 28.7. The van der Waals surface area contributed by atoms with E-state index in [1.807, 2.05) is 45.1 Å². The van der Waals surface area contributed by atoms with Crippen LogP contribution in [0.25, 0.3) is 17.0 Å². The van der Waals surface area contributed by atoms with Crippen LogP contribution in [0.3, 0.4) is 0 Å². The molecule has 8 nitrogen and oxygen atoms in total. The van der Waals surface area contributed by atoms with E-state index in [4.69, 9.17) is 14.7 Å². The van der Waals surface area contributed by atoms with E-state index in [0.29, 0.717) is 24.1 Å². The van der Waals surface area contributed by atoms with Crippen molar-refractivity contribution in [2.75, 3.05) is 13.6 Å². The van der Waals surface area contributed by atoms with Crippen LogP contribution in [0.5, 0.6) is 0 Å². The highest BCUT2D eigenvalue weighted by Crippen LogP contribution is 2.41. The van der Waals surface area contributed by atoms with Gasteiger partial charge in [-0.1, -0.05) is 56.5 Å². The molecule has 5 rings (SSSR count). The molecule has 8 heteroatoms. The summed E-state index contributed by atoms with van der Waals surface area (Å²) in [6, 6.07) is 14.4. The number of carbonyl (C=O) groups excluding carboxylic acids is 2. The number of benzene rings is 2. The summed E-state index contributed by atoms with van der Waals surface area (Å²) < 4.78 is 5.42. The van der Waals surface area contributed by atoms with E-state index in [1.165, 1.54) is 62.7 Å². The third-order valence-electron chi connectivity index (χ3n) is 9.23. The van der Waals surface area contributed by atoms with E-state index in [-0.39, 0.29) is 12.5 Å². The summed E-state index contributed by atoms with van der Waals surface area (Å²) in [6.07, 6.45) is 17.9. The Balaban J connectivity index is 0.000000427. The molecule has 250 valence electrons. The lowest BCUT2D eigenvalue weighted by atomic mass is 9.71. The first-order valence-corrected chi connectivity index (χ1v) is 17.0. The molecule has 2 aliphatic rings. The summed E-state index contributed by atoms with van der Waals surface area (Å²) in [4.78, 5) is 43.4. The van der Waals surface area contributed by atoms with E-state index in [0.717, 1.165) is 46.7 Å². The van der Waals surface area contributed by atoms with Gasteiger partial charge in [0.05, 0.1) is 6.54 Å². The van der Waals surface area contributed by atoms with Crippen molar-refractivity contribution in [2.24, 2.45) is 22.9 Å². The Morgan fingerprint density at radius 2 is 1.60 bits per heavy atom. The Morgan fingerprint density at radius 1 is 0.936 bits per heavy atom. The molecule has 1 aromatic heterocycles. The number of hydrogen-bond donors (Lipinski definition) is 0. The molecule has 0 radical (unpaired) electrons. The van der Waals surface area contributed by atoms with Crippen LogP contribution in [0.2, 0.25) is 0 Å². The summed E-state index contributed by atoms with van der Waals surface area (Å²) in [6.45, 7) is 8.95. The number of hydrogen-bond acceptors (Lipinski definition) is 8. The molecule has 1 atom stereocenters. The van der Waals surface area contributed by atoms with Crippen LogP contribution in [0.1, 0.15) is 101 Å². The van der Waals surface area contributed by atoms with Gasteiger partial charge in [-0.2, -0.15) is 0 Å². The SMILES string of the molecule is CCC1CCC(C2CC=C(c3cnc(-c4ccc(CN(C)CC(=O)OC(C)(C)C)cc4)nc3)CC2)CC1.O=Cc1ccc(N=O)cc1. The zero-order valence-electron chi connectivity index (χ0n) is 28.7. The number of allylic oxidation sites excluding steroid dienone is 2. The van der Waals surface area contributed by atoms with Crippen molar-refractivity contribution in [2.45, 2.75) is 91.2 Å². The van der Waals surface area contributed by atoms with Gasteiger partial charge < -0.3 is 4.74 Å². The van der Waals surface area contributed by atoms with Crippen LogP contribution >= 0.6 is 0 Å². The highest BCUT2D eigenvalue weighted by atomic mass is 16.6. The maximum atomic E-state index is 12.1. The van der Waals surface area contributed by atoms with Gasteiger partial charge in [-0.3, -0.25) is 14.5 Å². The first kappa shape index (κ1) is 35.8. The van der Waals surface area contributed by atoms with E-state index in [9.17, 15) is 14.5 Å². The summed E-state index contributed by atoms with van der Waals surface area (Å²) in [7, 11) is 1.93. The summed E-state index contributed by atoms with van der Waals surface area (Å²) in [5, 5.41) is 2.68. The summed E-state index contributed by atoms with van der Waals surface area (Å²) >= 11 is 0. The molecule has 0 saturated heterocycles. The fraction of sp³-hybridized carbons (Fsp3) is 0.487. The minimum Gasteiger partial charge on any atom is -0.459 e. The van der Waals surface area contributed by atoms with Gasteiger partial charge in [0.1, 0.15) is 17.6 Å². The highest BCUT2D eigenvalue weighted by molar-refractivity contribution is 5.75. The molecule has 1 fully saturated rings. The average molecular weight is 639 g/mol. The van der Waals surface area contributed by atoms with Gasteiger partial charge in [-0.05, 0) is 118 Å². The Hall–Kier alpha value is -4.04. The number of likely N-dealkylation sites (N-methyl/N-ethyl adjacent to an activating group) is 1. The third-order valence-corrected chi connectivity index (χ3v) is 9.23. The molecule has 1 unspecified atom stereocenters. The van der Waals surface area contributed by atoms with Crippen LogP contribution in [-0.2, 0) is 16.1 Å². The lowest BCUT2D eigenvalue weighted by Crippen LogP contribution is -2.32. The summed E-state index contributed by atoms with van der Waals surface area (Å²) in [5.74, 6) is 3.31.